The van der Waals surface area contributed by atoms with Crippen LogP contribution < -0.4 is 56.6 Å². The van der Waals surface area contributed by atoms with Crippen molar-refractivity contribution in [2.24, 2.45) is 0 Å². The number of rotatable bonds is 5. The Kier molecular flexibility index (Phi) is 14.7. The molecule has 1 aromatic rings. The molecule has 0 spiro atoms. The second kappa shape index (κ2) is 13.0. The van der Waals surface area contributed by atoms with E-state index in [-0.39, 0.29) is 62.9 Å². The summed E-state index contributed by atoms with van der Waals surface area (Å²) in [5.74, 6) is 0.569. The molecule has 0 bridgehead atoms. The number of phenolic OH excluding ortho intramolecular Hbond substituents is 2. The van der Waals surface area contributed by atoms with Crippen molar-refractivity contribution in [2.45, 2.75) is 40.5 Å². The molecule has 0 amide bonds. The Morgan fingerprint density at radius 1 is 0.950 bits per heavy atom. The van der Waals surface area contributed by atoms with Crippen molar-refractivity contribution in [1.29, 1.82) is 0 Å². The molecule has 0 aliphatic carbocycles. The fourth-order valence-corrected chi connectivity index (χ4v) is 1.79. The summed E-state index contributed by atoms with van der Waals surface area (Å²) in [6.07, 6.45) is 1.51. The van der Waals surface area contributed by atoms with Crippen LogP contribution in [0.4, 0.5) is 0 Å². The number of phenols is 2. The van der Waals surface area contributed by atoms with Crippen molar-refractivity contribution in [2.75, 3.05) is 13.1 Å². The zero-order valence-electron chi connectivity index (χ0n) is 13.1. The molecular weight excluding hydrogens is 285 g/mol. The fourth-order valence-electron chi connectivity index (χ4n) is 1.79. The third-order valence-corrected chi connectivity index (χ3v) is 2.90. The van der Waals surface area contributed by atoms with Gasteiger partial charge in [0.05, 0.1) is 0 Å². The van der Waals surface area contributed by atoms with Crippen molar-refractivity contribution in [3.05, 3.63) is 23.3 Å². The molecule has 0 aromatic heterocycles. The quantitative estimate of drug-likeness (QED) is 0.308. The van der Waals surface area contributed by atoms with Gasteiger partial charge in [0.15, 0.2) is 0 Å². The first-order valence-electron chi connectivity index (χ1n) is 6.63. The van der Waals surface area contributed by atoms with E-state index in [0.717, 1.165) is 24.0 Å². The molecule has 0 fully saturated rings. The SMILES string of the molecule is CCN(CC)O[O-].CCc1c(O)ccc(O)c1CC.[K+]. The summed E-state index contributed by atoms with van der Waals surface area (Å²) in [6, 6.07) is 3.07. The number of hydrogen-bond donors (Lipinski definition) is 2. The molecular formula is C14H24KNO4. The minimum absolute atomic E-state index is 0. The topological polar surface area (TPSA) is 76.0 Å². The summed E-state index contributed by atoms with van der Waals surface area (Å²) in [7, 11) is 0. The Balaban J connectivity index is 0. The molecule has 5 nitrogen and oxygen atoms in total. The molecule has 0 radical (unpaired) electrons. The summed E-state index contributed by atoms with van der Waals surface area (Å²) >= 11 is 0. The van der Waals surface area contributed by atoms with Gasteiger partial charge in [-0.25, -0.2) is 5.06 Å². The minimum atomic E-state index is 0. The molecule has 1 rings (SSSR count). The van der Waals surface area contributed by atoms with Crippen LogP contribution in [0.2, 0.25) is 0 Å². The maximum atomic E-state index is 9.52. The van der Waals surface area contributed by atoms with Crippen LogP contribution in [0.1, 0.15) is 38.8 Å². The standard InChI is InChI=1S/C10H14O2.C4H11NO2.K/c1-3-7-8(4-2)10(12)6-5-9(7)11;1-3-5(4-2)7-6;/h5-6,11-12H,3-4H2,1-2H3;6H,3-4H2,1-2H3;/q;;+1/p-1. The molecule has 0 saturated heterocycles. The Morgan fingerprint density at radius 3 is 1.45 bits per heavy atom. The Bertz CT molecular complexity index is 336. The van der Waals surface area contributed by atoms with Crippen molar-refractivity contribution in [1.82, 2.24) is 5.06 Å². The average Bonchev–Trinajstić information content (AvgIpc) is 2.43. The van der Waals surface area contributed by atoms with Gasteiger partial charge < -0.3 is 20.5 Å². The fraction of sp³-hybridized carbons (Fsp3) is 0.571. The predicted molar refractivity (Wildman–Crippen MR) is 72.5 cm³/mol. The summed E-state index contributed by atoms with van der Waals surface area (Å²) in [6.45, 7) is 8.96. The number of hydroxylamine groups is 2. The van der Waals surface area contributed by atoms with E-state index in [9.17, 15) is 15.5 Å². The molecule has 2 N–H and O–H groups in total. The van der Waals surface area contributed by atoms with Crippen LogP contribution in [0.5, 0.6) is 11.5 Å². The molecule has 0 aliphatic rings. The normalized spacial score (nSPS) is 9.70. The van der Waals surface area contributed by atoms with Gasteiger partial charge in [0.1, 0.15) is 11.5 Å². The molecule has 6 heteroatoms. The van der Waals surface area contributed by atoms with Crippen LogP contribution in [-0.2, 0) is 17.8 Å². The van der Waals surface area contributed by atoms with E-state index in [1.807, 2.05) is 27.7 Å². The van der Waals surface area contributed by atoms with Gasteiger partial charge in [-0.3, -0.25) is 0 Å². The predicted octanol–water partition coefficient (Wildman–Crippen LogP) is -1.24. The van der Waals surface area contributed by atoms with E-state index < -0.39 is 0 Å². The average molecular weight is 309 g/mol. The van der Waals surface area contributed by atoms with E-state index >= 15 is 0 Å². The van der Waals surface area contributed by atoms with Gasteiger partial charge in [0.25, 0.3) is 0 Å². The summed E-state index contributed by atoms with van der Waals surface area (Å²) in [5, 5.41) is 29.7. The number of benzene rings is 1. The maximum Gasteiger partial charge on any atom is 1.00 e. The molecule has 110 valence electrons. The second-order valence-corrected chi connectivity index (χ2v) is 3.96. The summed E-state index contributed by atoms with van der Waals surface area (Å²) in [4.78, 5) is 3.63. The molecule has 0 unspecified atom stereocenters. The first-order chi connectivity index (χ1) is 9.05. The number of hydrogen-bond acceptors (Lipinski definition) is 5. The second-order valence-electron chi connectivity index (χ2n) is 3.96. The van der Waals surface area contributed by atoms with Gasteiger partial charge >= 0.3 is 51.4 Å². The first-order valence-corrected chi connectivity index (χ1v) is 6.63. The van der Waals surface area contributed by atoms with Gasteiger partial charge in [0.2, 0.25) is 0 Å². The zero-order chi connectivity index (χ0) is 14.8. The molecule has 20 heavy (non-hydrogen) atoms. The smallest absolute Gasteiger partial charge is 0.704 e. The monoisotopic (exact) mass is 309 g/mol. The van der Waals surface area contributed by atoms with Gasteiger partial charge in [0, 0.05) is 24.2 Å². The van der Waals surface area contributed by atoms with Crippen LogP contribution in [-0.4, -0.2) is 28.4 Å². The van der Waals surface area contributed by atoms with E-state index in [4.69, 9.17) is 0 Å². The Morgan fingerprint density at radius 2 is 1.30 bits per heavy atom. The van der Waals surface area contributed by atoms with Crippen LogP contribution in [0, 0.1) is 0 Å². The third-order valence-electron chi connectivity index (χ3n) is 2.90. The van der Waals surface area contributed by atoms with Gasteiger partial charge in [-0.15, -0.1) is 0 Å². The van der Waals surface area contributed by atoms with Crippen LogP contribution in [0.3, 0.4) is 0 Å². The molecule has 1 aromatic carbocycles. The minimum Gasteiger partial charge on any atom is -0.704 e. The van der Waals surface area contributed by atoms with Gasteiger partial charge in [-0.2, -0.15) is 0 Å². The van der Waals surface area contributed by atoms with E-state index in [1.165, 1.54) is 17.2 Å². The van der Waals surface area contributed by atoms with Gasteiger partial charge in [-0.1, -0.05) is 27.7 Å². The van der Waals surface area contributed by atoms with Crippen molar-refractivity contribution < 1.29 is 71.8 Å². The molecule has 0 atom stereocenters. The van der Waals surface area contributed by atoms with E-state index in [2.05, 4.69) is 4.99 Å². The summed E-state index contributed by atoms with van der Waals surface area (Å²) < 4.78 is 0. The van der Waals surface area contributed by atoms with E-state index in [1.54, 1.807) is 0 Å². The molecule has 0 aliphatic heterocycles. The van der Waals surface area contributed by atoms with Crippen LogP contribution in [0.25, 0.3) is 0 Å². The Labute approximate surface area is 163 Å². The van der Waals surface area contributed by atoms with Crippen molar-refractivity contribution >= 4 is 0 Å². The maximum absolute atomic E-state index is 9.52. The van der Waals surface area contributed by atoms with Gasteiger partial charge in [-0.05, 0) is 25.0 Å². The van der Waals surface area contributed by atoms with E-state index in [0.29, 0.717) is 13.1 Å². The molecule has 0 saturated carbocycles. The van der Waals surface area contributed by atoms with Crippen LogP contribution >= 0.6 is 0 Å². The Hall–Kier alpha value is 0.336. The number of nitrogens with zero attached hydrogens (tertiary/aromatic N) is 1. The number of aromatic hydroxyl groups is 2. The molecule has 0 heterocycles. The summed E-state index contributed by atoms with van der Waals surface area (Å²) in [5.41, 5.74) is 1.72. The van der Waals surface area contributed by atoms with Crippen molar-refractivity contribution in [3.8, 4) is 11.5 Å². The zero-order valence-corrected chi connectivity index (χ0v) is 16.3. The van der Waals surface area contributed by atoms with Crippen molar-refractivity contribution in [3.63, 3.8) is 0 Å². The first kappa shape index (κ1) is 22.6. The van der Waals surface area contributed by atoms with Crippen LogP contribution in [0.15, 0.2) is 12.1 Å². The largest absolute Gasteiger partial charge is 1.00 e. The third kappa shape index (κ3) is 7.37.